The normalized spacial score (nSPS) is 34.9. The Kier molecular flexibility index (Phi) is 1.94. The third-order valence-corrected chi connectivity index (χ3v) is 5.50. The number of carbonyl (C=O) groups excluding carboxylic acids is 1. The van der Waals surface area contributed by atoms with Crippen molar-refractivity contribution in [2.45, 2.75) is 51.0 Å². The van der Waals surface area contributed by atoms with Crippen LogP contribution in [0.5, 0.6) is 0 Å². The van der Waals surface area contributed by atoms with Crippen molar-refractivity contribution in [3.63, 3.8) is 0 Å². The second-order valence-electron chi connectivity index (χ2n) is 5.56. The Morgan fingerprint density at radius 1 is 1.24 bits per heavy atom. The van der Waals surface area contributed by atoms with E-state index in [4.69, 9.17) is 4.74 Å². The summed E-state index contributed by atoms with van der Waals surface area (Å²) in [6.07, 6.45) is 5.33. The molecular formula is C12H17NO4. The van der Waals surface area contributed by atoms with Crippen molar-refractivity contribution in [2.24, 2.45) is 10.8 Å². The zero-order valence-electron chi connectivity index (χ0n) is 10.0. The van der Waals surface area contributed by atoms with Gasteiger partial charge in [-0.15, -0.1) is 0 Å². The number of rotatable bonds is 3. The number of carbonyl (C=O) groups is 1. The molecule has 5 nitrogen and oxygen atoms in total. The third-order valence-electron chi connectivity index (χ3n) is 5.50. The van der Waals surface area contributed by atoms with Crippen LogP contribution < -0.4 is 0 Å². The molecule has 2 spiro atoms. The van der Waals surface area contributed by atoms with E-state index in [1.165, 1.54) is 0 Å². The molecule has 0 atom stereocenters. The van der Waals surface area contributed by atoms with Crippen LogP contribution in [0.25, 0.3) is 0 Å². The van der Waals surface area contributed by atoms with Gasteiger partial charge in [0.05, 0.1) is 17.4 Å². The van der Waals surface area contributed by atoms with Gasteiger partial charge in [-0.2, -0.15) is 0 Å². The lowest BCUT2D eigenvalue weighted by atomic mass is 9.67. The van der Waals surface area contributed by atoms with E-state index in [1.54, 1.807) is 6.92 Å². The van der Waals surface area contributed by atoms with Gasteiger partial charge >= 0.3 is 11.5 Å². The Labute approximate surface area is 99.7 Å². The van der Waals surface area contributed by atoms with Gasteiger partial charge < -0.3 is 4.74 Å². The van der Waals surface area contributed by atoms with Gasteiger partial charge in [0.25, 0.3) is 0 Å². The van der Waals surface area contributed by atoms with E-state index in [-0.39, 0.29) is 22.4 Å². The number of esters is 1. The molecule has 0 amide bonds. The highest BCUT2D eigenvalue weighted by Crippen LogP contribution is 2.88. The van der Waals surface area contributed by atoms with Crippen molar-refractivity contribution in [1.82, 2.24) is 0 Å². The standard InChI is InChI=1S/C12H17NO4/c1-2-17-9(14)12(13(15)16)10(5-3-6-10)11(12)7-4-8-11/h2-8H2,1H3. The molecule has 0 bridgehead atoms. The van der Waals surface area contributed by atoms with Crippen molar-refractivity contribution in [3.8, 4) is 0 Å². The number of nitro groups is 1. The van der Waals surface area contributed by atoms with E-state index in [2.05, 4.69) is 0 Å². The highest BCUT2D eigenvalue weighted by Gasteiger charge is 3.01. The maximum atomic E-state index is 12.1. The Balaban J connectivity index is 2.02. The van der Waals surface area contributed by atoms with Gasteiger partial charge in [-0.3, -0.25) is 10.1 Å². The number of hydrogen-bond acceptors (Lipinski definition) is 4. The van der Waals surface area contributed by atoms with Gasteiger partial charge in [0.15, 0.2) is 0 Å². The number of hydrogen-bond donors (Lipinski definition) is 0. The molecule has 0 aromatic heterocycles. The SMILES string of the molecule is CCOC(=O)C1([N+](=O)[O-])C2(CCC2)C12CCC2. The van der Waals surface area contributed by atoms with Crippen molar-refractivity contribution in [3.05, 3.63) is 10.1 Å². The predicted molar refractivity (Wildman–Crippen MR) is 58.9 cm³/mol. The fourth-order valence-corrected chi connectivity index (χ4v) is 4.61. The van der Waals surface area contributed by atoms with Crippen LogP contribution in [-0.2, 0) is 9.53 Å². The maximum Gasteiger partial charge on any atom is 0.386 e. The number of ether oxygens (including phenoxy) is 1. The zero-order valence-corrected chi connectivity index (χ0v) is 10.0. The Morgan fingerprint density at radius 3 is 1.94 bits per heavy atom. The Hall–Kier alpha value is -1.13. The molecule has 0 radical (unpaired) electrons. The average Bonchev–Trinajstić information content (AvgIpc) is 2.76. The lowest BCUT2D eigenvalue weighted by molar-refractivity contribution is -0.543. The fourth-order valence-electron chi connectivity index (χ4n) is 4.61. The average molecular weight is 239 g/mol. The van der Waals surface area contributed by atoms with Crippen LogP contribution in [0.3, 0.4) is 0 Å². The molecule has 5 heteroatoms. The molecule has 3 rings (SSSR count). The van der Waals surface area contributed by atoms with Gasteiger partial charge in [-0.1, -0.05) is 12.8 Å². The van der Waals surface area contributed by atoms with E-state index < -0.39 is 11.5 Å². The molecule has 3 fully saturated rings. The van der Waals surface area contributed by atoms with Gasteiger partial charge in [-0.05, 0) is 32.6 Å². The topological polar surface area (TPSA) is 69.4 Å². The molecule has 3 aliphatic rings. The van der Waals surface area contributed by atoms with Gasteiger partial charge in [-0.25, -0.2) is 4.79 Å². The second kappa shape index (κ2) is 3.00. The molecule has 0 aromatic carbocycles. The summed E-state index contributed by atoms with van der Waals surface area (Å²) in [5.41, 5.74) is -2.10. The molecule has 94 valence electrons. The molecule has 0 aliphatic heterocycles. The summed E-state index contributed by atoms with van der Waals surface area (Å²) < 4.78 is 5.01. The first-order chi connectivity index (χ1) is 8.09. The summed E-state index contributed by atoms with van der Waals surface area (Å²) in [4.78, 5) is 23.3. The molecular weight excluding hydrogens is 222 g/mol. The van der Waals surface area contributed by atoms with Crippen LogP contribution in [0.1, 0.15) is 45.4 Å². The van der Waals surface area contributed by atoms with Crippen LogP contribution in [-0.4, -0.2) is 23.0 Å². The highest BCUT2D eigenvalue weighted by atomic mass is 16.6. The first kappa shape index (κ1) is 11.0. The first-order valence-corrected chi connectivity index (χ1v) is 6.41. The van der Waals surface area contributed by atoms with E-state index in [0.717, 1.165) is 38.5 Å². The molecule has 0 heterocycles. The summed E-state index contributed by atoms with van der Waals surface area (Å²) >= 11 is 0. The van der Waals surface area contributed by atoms with E-state index in [1.807, 2.05) is 0 Å². The molecule has 0 unspecified atom stereocenters. The third kappa shape index (κ3) is 0.818. The lowest BCUT2D eigenvalue weighted by Crippen LogP contribution is -2.44. The van der Waals surface area contributed by atoms with Crippen LogP contribution in [0.2, 0.25) is 0 Å². The second-order valence-corrected chi connectivity index (χ2v) is 5.56. The van der Waals surface area contributed by atoms with Crippen LogP contribution in [0, 0.1) is 20.9 Å². The quantitative estimate of drug-likeness (QED) is 0.428. The van der Waals surface area contributed by atoms with E-state index in [9.17, 15) is 14.9 Å². The largest absolute Gasteiger partial charge is 0.461 e. The molecule has 17 heavy (non-hydrogen) atoms. The van der Waals surface area contributed by atoms with Crippen LogP contribution >= 0.6 is 0 Å². The smallest absolute Gasteiger partial charge is 0.386 e. The van der Waals surface area contributed by atoms with Gasteiger partial charge in [0.1, 0.15) is 0 Å². The van der Waals surface area contributed by atoms with Crippen molar-refractivity contribution in [1.29, 1.82) is 0 Å². The molecule has 0 N–H and O–H groups in total. The first-order valence-electron chi connectivity index (χ1n) is 6.41. The highest BCUT2D eigenvalue weighted by molar-refractivity contribution is 5.88. The minimum atomic E-state index is -1.40. The molecule has 3 aliphatic carbocycles. The minimum absolute atomic E-state index is 0.223. The van der Waals surface area contributed by atoms with E-state index >= 15 is 0 Å². The fraction of sp³-hybridized carbons (Fsp3) is 0.917. The van der Waals surface area contributed by atoms with Crippen LogP contribution in [0.15, 0.2) is 0 Å². The van der Waals surface area contributed by atoms with E-state index in [0.29, 0.717) is 0 Å². The number of fused-ring (bicyclic) bond motifs is 1. The van der Waals surface area contributed by atoms with Crippen molar-refractivity contribution in [2.75, 3.05) is 6.61 Å². The van der Waals surface area contributed by atoms with Gasteiger partial charge in [0.2, 0.25) is 0 Å². The monoisotopic (exact) mass is 239 g/mol. The molecule has 0 saturated heterocycles. The summed E-state index contributed by atoms with van der Waals surface area (Å²) in [7, 11) is 0. The van der Waals surface area contributed by atoms with Crippen molar-refractivity contribution < 1.29 is 14.5 Å². The summed E-state index contributed by atoms with van der Waals surface area (Å²) in [6, 6.07) is 0. The Bertz CT molecular complexity index is 375. The van der Waals surface area contributed by atoms with Gasteiger partial charge in [0, 0.05) is 4.92 Å². The zero-order chi connectivity index (χ0) is 12.3. The molecule has 0 aromatic rings. The summed E-state index contributed by atoms with van der Waals surface area (Å²) in [5, 5.41) is 11.5. The summed E-state index contributed by atoms with van der Waals surface area (Å²) in [6.45, 7) is 1.93. The minimum Gasteiger partial charge on any atom is -0.461 e. The Morgan fingerprint density at radius 2 is 1.71 bits per heavy atom. The summed E-state index contributed by atoms with van der Waals surface area (Å²) in [5.74, 6) is -0.579. The number of nitrogens with zero attached hydrogens (tertiary/aromatic N) is 1. The maximum absolute atomic E-state index is 12.1. The predicted octanol–water partition coefficient (Wildman–Crippen LogP) is 1.92. The van der Waals surface area contributed by atoms with Crippen LogP contribution in [0.4, 0.5) is 0 Å². The molecule has 3 saturated carbocycles. The lowest BCUT2D eigenvalue weighted by Gasteiger charge is -2.34. The van der Waals surface area contributed by atoms with Crippen molar-refractivity contribution >= 4 is 5.97 Å².